The molecule has 8 heteroatoms. The molecule has 1 fully saturated rings. The summed E-state index contributed by atoms with van der Waals surface area (Å²) >= 11 is 0. The van der Waals surface area contributed by atoms with Crippen LogP contribution in [0.1, 0.15) is 31.6 Å². The molecule has 8 nitrogen and oxygen atoms in total. The van der Waals surface area contributed by atoms with Crippen LogP contribution in [0.2, 0.25) is 0 Å². The summed E-state index contributed by atoms with van der Waals surface area (Å²) < 4.78 is 10.4. The first-order valence-corrected chi connectivity index (χ1v) is 8.08. The molecule has 2 amide bonds. The van der Waals surface area contributed by atoms with E-state index in [1.807, 2.05) is 11.8 Å². The number of hydrogen-bond acceptors (Lipinski definition) is 5. The number of carbonyl (C=O) groups excluding carboxylic acids is 1. The van der Waals surface area contributed by atoms with Crippen LogP contribution in [0.15, 0.2) is 22.8 Å². The number of furan rings is 1. The molecule has 1 aliphatic rings. The van der Waals surface area contributed by atoms with Gasteiger partial charge in [0, 0.05) is 19.2 Å². The molecule has 0 aliphatic heterocycles. The summed E-state index contributed by atoms with van der Waals surface area (Å²) in [6, 6.07) is 3.18. The number of urea groups is 1. The molecule has 134 valence electrons. The van der Waals surface area contributed by atoms with Crippen LogP contribution in [0.25, 0.3) is 0 Å². The number of aliphatic carboxylic acids is 1. The third-order valence-electron chi connectivity index (χ3n) is 4.23. The first kappa shape index (κ1) is 18.3. The minimum Gasteiger partial charge on any atom is -0.480 e. The third-order valence-corrected chi connectivity index (χ3v) is 4.23. The highest BCUT2D eigenvalue weighted by atomic mass is 16.5. The highest BCUT2D eigenvalue weighted by molar-refractivity contribution is 5.75. The molecule has 24 heavy (non-hydrogen) atoms. The molecule has 1 saturated carbocycles. The zero-order valence-electron chi connectivity index (χ0n) is 14.0. The van der Waals surface area contributed by atoms with Crippen LogP contribution in [-0.4, -0.2) is 60.9 Å². The lowest BCUT2D eigenvalue weighted by atomic mass is 9.85. The summed E-state index contributed by atoms with van der Waals surface area (Å²) in [4.78, 5) is 24.9. The van der Waals surface area contributed by atoms with Crippen LogP contribution in [0.4, 0.5) is 4.79 Å². The van der Waals surface area contributed by atoms with Gasteiger partial charge in [0.2, 0.25) is 0 Å². The fourth-order valence-corrected chi connectivity index (χ4v) is 2.91. The summed E-state index contributed by atoms with van der Waals surface area (Å²) in [5.41, 5.74) is 0. The van der Waals surface area contributed by atoms with Crippen LogP contribution in [0.3, 0.4) is 0 Å². The standard InChI is InChI=1S/C16H25N3O5/c1-3-19(9-15(20)21)12-7-11(8-12)17-16(22)18-13(10-23-2)14-5-4-6-24-14/h4-6,11-13H,3,7-10H2,1-2H3,(H,20,21)(H2,17,18,22). The summed E-state index contributed by atoms with van der Waals surface area (Å²) in [7, 11) is 1.56. The zero-order valence-corrected chi connectivity index (χ0v) is 14.0. The predicted octanol–water partition coefficient (Wildman–Crippen LogP) is 1.20. The number of carboxylic acid groups (broad SMARTS) is 1. The second-order valence-electron chi connectivity index (χ2n) is 5.92. The van der Waals surface area contributed by atoms with E-state index in [0.29, 0.717) is 18.9 Å². The SMILES string of the molecule is CCN(CC(=O)O)C1CC(NC(=O)NC(COC)c2ccco2)C1. The molecular formula is C16H25N3O5. The summed E-state index contributed by atoms with van der Waals surface area (Å²) in [6.07, 6.45) is 3.06. The Hall–Kier alpha value is -2.06. The highest BCUT2D eigenvalue weighted by Crippen LogP contribution is 2.25. The van der Waals surface area contributed by atoms with Gasteiger partial charge in [-0.2, -0.15) is 0 Å². The third kappa shape index (κ3) is 4.97. The van der Waals surface area contributed by atoms with Crippen molar-refractivity contribution in [1.82, 2.24) is 15.5 Å². The highest BCUT2D eigenvalue weighted by Gasteiger charge is 2.35. The molecule has 0 radical (unpaired) electrons. The Bertz CT molecular complexity index is 528. The second kappa shape index (κ2) is 8.70. The van der Waals surface area contributed by atoms with Crippen LogP contribution >= 0.6 is 0 Å². The lowest BCUT2D eigenvalue weighted by molar-refractivity contribution is -0.139. The molecule has 0 bridgehead atoms. The van der Waals surface area contributed by atoms with E-state index < -0.39 is 5.97 Å². The summed E-state index contributed by atoms with van der Waals surface area (Å²) in [6.45, 7) is 2.98. The molecule has 1 aromatic heterocycles. The Morgan fingerprint density at radius 1 is 1.50 bits per heavy atom. The molecule has 1 aromatic rings. The van der Waals surface area contributed by atoms with Gasteiger partial charge in [-0.1, -0.05) is 6.92 Å². The Kier molecular flexibility index (Phi) is 6.62. The number of amides is 2. The maximum absolute atomic E-state index is 12.1. The van der Waals surface area contributed by atoms with Crippen LogP contribution in [-0.2, 0) is 9.53 Å². The first-order valence-electron chi connectivity index (χ1n) is 8.08. The molecule has 0 aromatic carbocycles. The van der Waals surface area contributed by atoms with Crippen molar-refractivity contribution in [2.24, 2.45) is 0 Å². The van der Waals surface area contributed by atoms with Crippen molar-refractivity contribution in [1.29, 1.82) is 0 Å². The molecule has 1 aliphatic carbocycles. The Morgan fingerprint density at radius 2 is 2.25 bits per heavy atom. The van der Waals surface area contributed by atoms with Gasteiger partial charge in [0.05, 0.1) is 19.4 Å². The van der Waals surface area contributed by atoms with Crippen molar-refractivity contribution in [3.05, 3.63) is 24.2 Å². The number of hydrogen-bond donors (Lipinski definition) is 3. The Balaban J connectivity index is 1.76. The molecule has 1 atom stereocenters. The van der Waals surface area contributed by atoms with Gasteiger partial charge in [0.25, 0.3) is 0 Å². The van der Waals surface area contributed by atoms with E-state index in [2.05, 4.69) is 10.6 Å². The smallest absolute Gasteiger partial charge is 0.317 e. The largest absolute Gasteiger partial charge is 0.480 e. The minimum absolute atomic E-state index is 0.0362. The van der Waals surface area contributed by atoms with Crippen molar-refractivity contribution in [3.63, 3.8) is 0 Å². The summed E-state index contributed by atoms with van der Waals surface area (Å²) in [5, 5.41) is 14.6. The zero-order chi connectivity index (χ0) is 17.5. The monoisotopic (exact) mass is 339 g/mol. The number of carboxylic acids is 1. The van der Waals surface area contributed by atoms with Gasteiger partial charge in [-0.05, 0) is 31.5 Å². The van der Waals surface area contributed by atoms with Gasteiger partial charge in [-0.15, -0.1) is 0 Å². The van der Waals surface area contributed by atoms with Gasteiger partial charge in [-0.3, -0.25) is 9.69 Å². The number of methoxy groups -OCH3 is 1. The number of nitrogens with zero attached hydrogens (tertiary/aromatic N) is 1. The first-order chi connectivity index (χ1) is 11.5. The van der Waals surface area contributed by atoms with E-state index in [1.165, 1.54) is 0 Å². The average Bonchev–Trinajstić information content (AvgIpc) is 3.02. The van der Waals surface area contributed by atoms with Gasteiger partial charge in [0.15, 0.2) is 0 Å². The maximum Gasteiger partial charge on any atom is 0.317 e. The topological polar surface area (TPSA) is 104 Å². The van der Waals surface area contributed by atoms with Crippen molar-refractivity contribution in [3.8, 4) is 0 Å². The van der Waals surface area contributed by atoms with Crippen molar-refractivity contribution < 1.29 is 23.8 Å². The fourth-order valence-electron chi connectivity index (χ4n) is 2.91. The summed E-state index contributed by atoms with van der Waals surface area (Å²) in [5.74, 6) is -0.191. The molecular weight excluding hydrogens is 314 g/mol. The van der Waals surface area contributed by atoms with Crippen LogP contribution in [0.5, 0.6) is 0 Å². The van der Waals surface area contributed by atoms with E-state index in [0.717, 1.165) is 12.8 Å². The van der Waals surface area contributed by atoms with E-state index in [9.17, 15) is 9.59 Å². The molecule has 1 unspecified atom stereocenters. The quantitative estimate of drug-likeness (QED) is 0.625. The molecule has 0 spiro atoms. The lowest BCUT2D eigenvalue weighted by Gasteiger charge is -2.42. The van der Waals surface area contributed by atoms with Gasteiger partial charge in [-0.25, -0.2) is 4.79 Å². The second-order valence-corrected chi connectivity index (χ2v) is 5.92. The molecule has 1 heterocycles. The number of likely N-dealkylation sites (N-methyl/N-ethyl adjacent to an activating group) is 1. The number of ether oxygens (including phenoxy) is 1. The van der Waals surface area contributed by atoms with Gasteiger partial charge < -0.3 is 24.9 Å². The van der Waals surface area contributed by atoms with Gasteiger partial charge >= 0.3 is 12.0 Å². The lowest BCUT2D eigenvalue weighted by Crippen LogP contribution is -2.56. The minimum atomic E-state index is -0.827. The Morgan fingerprint density at radius 3 is 2.79 bits per heavy atom. The number of carbonyl (C=O) groups is 2. The van der Waals surface area contributed by atoms with E-state index >= 15 is 0 Å². The molecule has 0 saturated heterocycles. The van der Waals surface area contributed by atoms with E-state index in [1.54, 1.807) is 25.5 Å². The number of nitrogens with one attached hydrogen (secondary N) is 2. The van der Waals surface area contributed by atoms with Gasteiger partial charge in [0.1, 0.15) is 11.8 Å². The van der Waals surface area contributed by atoms with Crippen molar-refractivity contribution >= 4 is 12.0 Å². The average molecular weight is 339 g/mol. The van der Waals surface area contributed by atoms with E-state index in [-0.39, 0.29) is 30.7 Å². The fraction of sp³-hybridized carbons (Fsp3) is 0.625. The Labute approximate surface area is 141 Å². The molecule has 3 N–H and O–H groups in total. The predicted molar refractivity (Wildman–Crippen MR) is 86.7 cm³/mol. The number of rotatable bonds is 9. The maximum atomic E-state index is 12.1. The van der Waals surface area contributed by atoms with Crippen molar-refractivity contribution in [2.75, 3.05) is 26.8 Å². The normalized spacial score (nSPS) is 21.1. The van der Waals surface area contributed by atoms with E-state index in [4.69, 9.17) is 14.3 Å². The van der Waals surface area contributed by atoms with Crippen LogP contribution in [0, 0.1) is 0 Å². The van der Waals surface area contributed by atoms with Crippen LogP contribution < -0.4 is 10.6 Å². The van der Waals surface area contributed by atoms with Crippen molar-refractivity contribution in [2.45, 2.75) is 37.9 Å². The molecule has 2 rings (SSSR count).